The molecule has 2 aromatic carbocycles. The summed E-state index contributed by atoms with van der Waals surface area (Å²) in [6, 6.07) is 18.4. The predicted molar refractivity (Wildman–Crippen MR) is 114 cm³/mol. The number of sulfonamides is 1. The molecule has 3 rings (SSSR count). The SMILES string of the molecule is CC(C)C(NC(=O)CN1CCN(S(=O)(=O)c2ccccc2)CC1)c1ccccc1. The van der Waals surface area contributed by atoms with E-state index in [9.17, 15) is 13.2 Å². The van der Waals surface area contributed by atoms with Crippen molar-refractivity contribution < 1.29 is 13.2 Å². The molecule has 1 fully saturated rings. The molecule has 0 saturated carbocycles. The zero-order valence-corrected chi connectivity index (χ0v) is 17.8. The number of benzene rings is 2. The smallest absolute Gasteiger partial charge is 0.243 e. The molecule has 6 nitrogen and oxygen atoms in total. The molecule has 1 heterocycles. The minimum Gasteiger partial charge on any atom is -0.348 e. The van der Waals surface area contributed by atoms with Crippen molar-refractivity contribution in [2.75, 3.05) is 32.7 Å². The van der Waals surface area contributed by atoms with Gasteiger partial charge in [0.15, 0.2) is 0 Å². The second kappa shape index (κ2) is 9.52. The number of amides is 1. The summed E-state index contributed by atoms with van der Waals surface area (Å²) in [6.45, 7) is 6.30. The fourth-order valence-electron chi connectivity index (χ4n) is 3.59. The first-order valence-electron chi connectivity index (χ1n) is 10.00. The first-order valence-corrected chi connectivity index (χ1v) is 11.4. The van der Waals surface area contributed by atoms with Crippen LogP contribution < -0.4 is 5.32 Å². The molecular weight excluding hydrogens is 386 g/mol. The van der Waals surface area contributed by atoms with Crippen LogP contribution in [0.1, 0.15) is 25.5 Å². The van der Waals surface area contributed by atoms with Gasteiger partial charge >= 0.3 is 0 Å². The minimum atomic E-state index is -3.47. The Morgan fingerprint density at radius 3 is 2.03 bits per heavy atom. The molecule has 0 aliphatic carbocycles. The minimum absolute atomic E-state index is 0.0353. The van der Waals surface area contributed by atoms with Gasteiger partial charge in [0.2, 0.25) is 15.9 Å². The Kier molecular flexibility index (Phi) is 7.05. The number of hydrogen-bond acceptors (Lipinski definition) is 4. The molecule has 29 heavy (non-hydrogen) atoms. The molecule has 1 N–H and O–H groups in total. The molecule has 1 unspecified atom stereocenters. The molecule has 1 aliphatic rings. The number of hydrogen-bond donors (Lipinski definition) is 1. The Morgan fingerprint density at radius 1 is 0.931 bits per heavy atom. The lowest BCUT2D eigenvalue weighted by molar-refractivity contribution is -0.123. The maximum Gasteiger partial charge on any atom is 0.243 e. The average molecular weight is 416 g/mol. The molecule has 0 bridgehead atoms. The van der Waals surface area contributed by atoms with Gasteiger partial charge in [0.1, 0.15) is 0 Å². The van der Waals surface area contributed by atoms with E-state index in [0.29, 0.717) is 31.1 Å². The predicted octanol–water partition coefficient (Wildman–Crippen LogP) is 2.51. The third-order valence-corrected chi connectivity index (χ3v) is 7.13. The highest BCUT2D eigenvalue weighted by atomic mass is 32.2. The van der Waals surface area contributed by atoms with E-state index in [1.165, 1.54) is 4.31 Å². The van der Waals surface area contributed by atoms with Crippen LogP contribution in [0.4, 0.5) is 0 Å². The Labute approximate surface area is 173 Å². The topological polar surface area (TPSA) is 69.7 Å². The van der Waals surface area contributed by atoms with Crippen LogP contribution in [0.5, 0.6) is 0 Å². The van der Waals surface area contributed by atoms with Gasteiger partial charge in [0.05, 0.1) is 17.5 Å². The average Bonchev–Trinajstić information content (AvgIpc) is 2.73. The van der Waals surface area contributed by atoms with Gasteiger partial charge in [-0.25, -0.2) is 8.42 Å². The number of carbonyl (C=O) groups excluding carboxylic acids is 1. The summed E-state index contributed by atoms with van der Waals surface area (Å²) in [7, 11) is -3.47. The number of nitrogens with zero attached hydrogens (tertiary/aromatic N) is 2. The molecule has 2 aromatic rings. The van der Waals surface area contributed by atoms with Crippen molar-refractivity contribution in [3.63, 3.8) is 0 Å². The third kappa shape index (κ3) is 5.44. The molecule has 1 atom stereocenters. The number of nitrogens with one attached hydrogen (secondary N) is 1. The fraction of sp³-hybridized carbons (Fsp3) is 0.409. The second-order valence-corrected chi connectivity index (χ2v) is 9.63. The zero-order chi connectivity index (χ0) is 20.9. The fourth-order valence-corrected chi connectivity index (χ4v) is 5.03. The van der Waals surface area contributed by atoms with E-state index in [2.05, 4.69) is 19.2 Å². The van der Waals surface area contributed by atoms with Crippen LogP contribution in [0.25, 0.3) is 0 Å². The highest BCUT2D eigenvalue weighted by Crippen LogP contribution is 2.21. The standard InChI is InChI=1S/C22H29N3O3S/c1-18(2)22(19-9-5-3-6-10-19)23-21(26)17-24-13-15-25(16-14-24)29(27,28)20-11-7-4-8-12-20/h3-12,18,22H,13-17H2,1-2H3,(H,23,26). The Morgan fingerprint density at radius 2 is 1.48 bits per heavy atom. The summed E-state index contributed by atoms with van der Waals surface area (Å²) in [5.74, 6) is 0.237. The van der Waals surface area contributed by atoms with Crippen LogP contribution in [0, 0.1) is 5.92 Å². The lowest BCUT2D eigenvalue weighted by Gasteiger charge is -2.34. The summed E-state index contributed by atoms with van der Waals surface area (Å²) in [4.78, 5) is 14.9. The van der Waals surface area contributed by atoms with Crippen molar-refractivity contribution in [2.45, 2.75) is 24.8 Å². The van der Waals surface area contributed by atoms with Gasteiger partial charge in [-0.15, -0.1) is 0 Å². The van der Waals surface area contributed by atoms with Crippen LogP contribution in [-0.2, 0) is 14.8 Å². The van der Waals surface area contributed by atoms with Crippen molar-refractivity contribution in [1.29, 1.82) is 0 Å². The number of piperazine rings is 1. The Hall–Kier alpha value is -2.22. The molecule has 7 heteroatoms. The first kappa shape index (κ1) is 21.5. The summed E-state index contributed by atoms with van der Waals surface area (Å²) < 4.78 is 26.9. The van der Waals surface area contributed by atoms with Crippen LogP contribution in [0.15, 0.2) is 65.6 Å². The monoisotopic (exact) mass is 415 g/mol. The molecule has 0 aromatic heterocycles. The summed E-state index contributed by atoms with van der Waals surface area (Å²) in [6.07, 6.45) is 0. The van der Waals surface area contributed by atoms with Gasteiger partial charge in [-0.3, -0.25) is 9.69 Å². The maximum atomic E-state index is 12.7. The molecule has 0 radical (unpaired) electrons. The van der Waals surface area contributed by atoms with Crippen molar-refractivity contribution >= 4 is 15.9 Å². The lowest BCUT2D eigenvalue weighted by atomic mass is 9.96. The van der Waals surface area contributed by atoms with Gasteiger partial charge in [-0.05, 0) is 23.6 Å². The molecule has 1 saturated heterocycles. The van der Waals surface area contributed by atoms with Crippen molar-refractivity contribution in [2.24, 2.45) is 5.92 Å². The van der Waals surface area contributed by atoms with E-state index in [1.807, 2.05) is 35.2 Å². The molecular formula is C22H29N3O3S. The summed E-state index contributed by atoms with van der Waals surface area (Å²) in [5, 5.41) is 3.13. The van der Waals surface area contributed by atoms with Gasteiger partial charge in [0.25, 0.3) is 0 Å². The quantitative estimate of drug-likeness (QED) is 0.754. The first-order chi connectivity index (χ1) is 13.9. The van der Waals surface area contributed by atoms with Gasteiger partial charge in [-0.1, -0.05) is 62.4 Å². The van der Waals surface area contributed by atoms with Gasteiger partial charge < -0.3 is 5.32 Å². The van der Waals surface area contributed by atoms with Gasteiger partial charge in [0, 0.05) is 26.2 Å². The van der Waals surface area contributed by atoms with E-state index < -0.39 is 10.0 Å². The highest BCUT2D eigenvalue weighted by molar-refractivity contribution is 7.89. The molecule has 1 amide bonds. The maximum absolute atomic E-state index is 12.7. The Bertz CT molecular complexity index is 893. The zero-order valence-electron chi connectivity index (χ0n) is 17.0. The van der Waals surface area contributed by atoms with E-state index in [1.54, 1.807) is 30.3 Å². The van der Waals surface area contributed by atoms with E-state index in [4.69, 9.17) is 0 Å². The molecule has 156 valence electrons. The molecule has 0 spiro atoms. The number of carbonyl (C=O) groups is 1. The van der Waals surface area contributed by atoms with Crippen LogP contribution in [0.2, 0.25) is 0 Å². The normalized spacial score (nSPS) is 17.2. The van der Waals surface area contributed by atoms with Gasteiger partial charge in [-0.2, -0.15) is 4.31 Å². The van der Waals surface area contributed by atoms with E-state index >= 15 is 0 Å². The Balaban J connectivity index is 1.54. The van der Waals surface area contributed by atoms with Crippen LogP contribution >= 0.6 is 0 Å². The van der Waals surface area contributed by atoms with Crippen LogP contribution in [-0.4, -0.2) is 56.3 Å². The van der Waals surface area contributed by atoms with E-state index in [-0.39, 0.29) is 24.4 Å². The number of rotatable bonds is 7. The third-order valence-electron chi connectivity index (χ3n) is 5.22. The van der Waals surface area contributed by atoms with Crippen molar-refractivity contribution in [3.05, 3.63) is 66.2 Å². The van der Waals surface area contributed by atoms with Crippen molar-refractivity contribution in [1.82, 2.24) is 14.5 Å². The molecule has 1 aliphatic heterocycles. The largest absolute Gasteiger partial charge is 0.348 e. The second-order valence-electron chi connectivity index (χ2n) is 7.69. The lowest BCUT2D eigenvalue weighted by Crippen LogP contribution is -2.51. The summed E-state index contributed by atoms with van der Waals surface area (Å²) in [5.41, 5.74) is 1.09. The van der Waals surface area contributed by atoms with Crippen molar-refractivity contribution in [3.8, 4) is 0 Å². The van der Waals surface area contributed by atoms with E-state index in [0.717, 1.165) is 5.56 Å². The van der Waals surface area contributed by atoms with Crippen LogP contribution in [0.3, 0.4) is 0 Å². The summed E-state index contributed by atoms with van der Waals surface area (Å²) >= 11 is 0. The highest BCUT2D eigenvalue weighted by Gasteiger charge is 2.29.